The first-order valence-corrected chi connectivity index (χ1v) is 7.39. The van der Waals surface area contributed by atoms with E-state index in [0.717, 1.165) is 16.8 Å². The van der Waals surface area contributed by atoms with Gasteiger partial charge in [0.1, 0.15) is 0 Å². The molecule has 0 aliphatic carbocycles. The molecule has 1 heterocycles. The second kappa shape index (κ2) is 5.01. The number of hydrogen-bond acceptors (Lipinski definition) is 3. The molecule has 1 N–H and O–H groups in total. The molecule has 4 nitrogen and oxygen atoms in total. The van der Waals surface area contributed by atoms with Crippen molar-refractivity contribution in [3.05, 3.63) is 53.3 Å². The van der Waals surface area contributed by atoms with Crippen molar-refractivity contribution >= 4 is 15.7 Å². The number of pyridine rings is 1. The molecule has 0 aliphatic rings. The highest BCUT2D eigenvalue weighted by molar-refractivity contribution is 7.92. The minimum absolute atomic E-state index is 0.299. The molecular formula is C14H16N2O2S. The van der Waals surface area contributed by atoms with E-state index < -0.39 is 10.0 Å². The van der Waals surface area contributed by atoms with E-state index >= 15 is 0 Å². The maximum atomic E-state index is 12.3. The summed E-state index contributed by atoms with van der Waals surface area (Å²) in [5.74, 6) is 0. The van der Waals surface area contributed by atoms with Gasteiger partial charge in [0.25, 0.3) is 10.0 Å². The third kappa shape index (κ3) is 3.12. The Kier molecular flexibility index (Phi) is 3.57. The number of sulfonamides is 1. The first kappa shape index (κ1) is 13.5. The molecule has 0 atom stereocenters. The lowest BCUT2D eigenvalue weighted by Gasteiger charge is -2.11. The Morgan fingerprint density at radius 3 is 2.42 bits per heavy atom. The summed E-state index contributed by atoms with van der Waals surface area (Å²) in [7, 11) is -3.56. The van der Waals surface area contributed by atoms with Crippen LogP contribution in [-0.2, 0) is 10.0 Å². The number of rotatable bonds is 3. The fourth-order valence-electron chi connectivity index (χ4n) is 1.92. The van der Waals surface area contributed by atoms with Gasteiger partial charge < -0.3 is 0 Å². The zero-order chi connectivity index (χ0) is 14.0. The number of aryl methyl sites for hydroxylation is 3. The summed E-state index contributed by atoms with van der Waals surface area (Å²) in [6.45, 7) is 5.54. The van der Waals surface area contributed by atoms with Crippen molar-refractivity contribution in [2.45, 2.75) is 25.7 Å². The second-order valence-corrected chi connectivity index (χ2v) is 6.21. The standard InChI is InChI=1S/C14H16N2O2S/c1-10-4-5-14(11(2)8-10)19(17,18)16-13-6-7-15-12(3)9-13/h4-9H,1-3H3,(H,15,16). The van der Waals surface area contributed by atoms with E-state index in [4.69, 9.17) is 0 Å². The molecule has 5 heteroatoms. The van der Waals surface area contributed by atoms with Crippen LogP contribution in [0.2, 0.25) is 0 Å². The Hall–Kier alpha value is -1.88. The first-order valence-electron chi connectivity index (χ1n) is 5.91. The van der Waals surface area contributed by atoms with Gasteiger partial charge in [-0.2, -0.15) is 0 Å². The molecule has 0 amide bonds. The Labute approximate surface area is 113 Å². The van der Waals surface area contributed by atoms with Crippen molar-refractivity contribution in [3.8, 4) is 0 Å². The molecule has 1 aromatic carbocycles. The smallest absolute Gasteiger partial charge is 0.262 e. The van der Waals surface area contributed by atoms with E-state index in [9.17, 15) is 8.42 Å². The van der Waals surface area contributed by atoms with Gasteiger partial charge in [0.15, 0.2) is 0 Å². The van der Waals surface area contributed by atoms with Crippen LogP contribution in [0.1, 0.15) is 16.8 Å². The molecule has 19 heavy (non-hydrogen) atoms. The number of hydrogen-bond donors (Lipinski definition) is 1. The van der Waals surface area contributed by atoms with Crippen LogP contribution >= 0.6 is 0 Å². The van der Waals surface area contributed by atoms with Gasteiger partial charge in [-0.3, -0.25) is 9.71 Å². The molecule has 0 fully saturated rings. The number of nitrogens with zero attached hydrogens (tertiary/aromatic N) is 1. The summed E-state index contributed by atoms with van der Waals surface area (Å²) in [4.78, 5) is 4.34. The van der Waals surface area contributed by atoms with E-state index in [1.54, 1.807) is 37.4 Å². The molecule has 0 saturated heterocycles. The average Bonchev–Trinajstić information content (AvgIpc) is 2.27. The summed E-state index contributed by atoms with van der Waals surface area (Å²) in [5.41, 5.74) is 3.06. The minimum atomic E-state index is -3.56. The fourth-order valence-corrected chi connectivity index (χ4v) is 3.20. The highest BCUT2D eigenvalue weighted by Gasteiger charge is 2.16. The van der Waals surface area contributed by atoms with Crippen LogP contribution in [0.5, 0.6) is 0 Å². The number of benzene rings is 1. The van der Waals surface area contributed by atoms with Crippen molar-refractivity contribution < 1.29 is 8.42 Å². The van der Waals surface area contributed by atoms with E-state index in [0.29, 0.717) is 10.6 Å². The molecule has 0 bridgehead atoms. The third-order valence-electron chi connectivity index (χ3n) is 2.77. The summed E-state index contributed by atoms with van der Waals surface area (Å²) in [6, 6.07) is 8.60. The molecule has 0 saturated carbocycles. The molecule has 0 aliphatic heterocycles. The monoisotopic (exact) mass is 276 g/mol. The molecule has 0 radical (unpaired) electrons. The van der Waals surface area contributed by atoms with Crippen molar-refractivity contribution in [3.63, 3.8) is 0 Å². The predicted molar refractivity (Wildman–Crippen MR) is 75.7 cm³/mol. The molecule has 2 aromatic rings. The number of aromatic nitrogens is 1. The minimum Gasteiger partial charge on any atom is -0.280 e. The SMILES string of the molecule is Cc1ccc(S(=O)(=O)Nc2ccnc(C)c2)c(C)c1. The molecular weight excluding hydrogens is 260 g/mol. The Morgan fingerprint density at radius 1 is 1.05 bits per heavy atom. The molecule has 0 unspecified atom stereocenters. The normalized spacial score (nSPS) is 11.3. The lowest BCUT2D eigenvalue weighted by molar-refractivity contribution is 0.600. The topological polar surface area (TPSA) is 59.1 Å². The van der Waals surface area contributed by atoms with E-state index in [1.165, 1.54) is 0 Å². The van der Waals surface area contributed by atoms with E-state index in [-0.39, 0.29) is 0 Å². The zero-order valence-corrected chi connectivity index (χ0v) is 12.0. The Morgan fingerprint density at radius 2 is 1.79 bits per heavy atom. The van der Waals surface area contributed by atoms with Crippen LogP contribution in [0, 0.1) is 20.8 Å². The largest absolute Gasteiger partial charge is 0.280 e. The van der Waals surface area contributed by atoms with Crippen LogP contribution in [0.15, 0.2) is 41.4 Å². The van der Waals surface area contributed by atoms with Gasteiger partial charge in [0, 0.05) is 11.9 Å². The van der Waals surface area contributed by atoms with Gasteiger partial charge in [0.05, 0.1) is 10.6 Å². The number of nitrogens with one attached hydrogen (secondary N) is 1. The molecule has 100 valence electrons. The lowest BCUT2D eigenvalue weighted by Crippen LogP contribution is -2.14. The van der Waals surface area contributed by atoms with Gasteiger partial charge in [-0.15, -0.1) is 0 Å². The maximum absolute atomic E-state index is 12.3. The lowest BCUT2D eigenvalue weighted by atomic mass is 10.2. The summed E-state index contributed by atoms with van der Waals surface area (Å²) < 4.78 is 27.2. The van der Waals surface area contributed by atoms with Crippen LogP contribution in [0.3, 0.4) is 0 Å². The van der Waals surface area contributed by atoms with Crippen molar-refractivity contribution in [1.82, 2.24) is 4.98 Å². The fraction of sp³-hybridized carbons (Fsp3) is 0.214. The number of anilines is 1. The Bertz CT molecular complexity index is 709. The maximum Gasteiger partial charge on any atom is 0.262 e. The van der Waals surface area contributed by atoms with E-state index in [2.05, 4.69) is 9.71 Å². The van der Waals surface area contributed by atoms with Crippen LogP contribution in [0.4, 0.5) is 5.69 Å². The first-order chi connectivity index (χ1) is 8.88. The van der Waals surface area contributed by atoms with Crippen molar-refractivity contribution in [1.29, 1.82) is 0 Å². The highest BCUT2D eigenvalue weighted by Crippen LogP contribution is 2.20. The predicted octanol–water partition coefficient (Wildman–Crippen LogP) is 2.81. The Balaban J connectivity index is 2.38. The van der Waals surface area contributed by atoms with Crippen LogP contribution in [0.25, 0.3) is 0 Å². The third-order valence-corrected chi connectivity index (χ3v) is 4.31. The summed E-state index contributed by atoms with van der Waals surface area (Å²) >= 11 is 0. The van der Waals surface area contributed by atoms with Gasteiger partial charge in [-0.25, -0.2) is 8.42 Å². The summed E-state index contributed by atoms with van der Waals surface area (Å²) in [5, 5.41) is 0. The van der Waals surface area contributed by atoms with E-state index in [1.807, 2.05) is 19.9 Å². The highest BCUT2D eigenvalue weighted by atomic mass is 32.2. The summed E-state index contributed by atoms with van der Waals surface area (Å²) in [6.07, 6.45) is 1.58. The van der Waals surface area contributed by atoms with Gasteiger partial charge in [-0.05, 0) is 44.5 Å². The van der Waals surface area contributed by atoms with Crippen LogP contribution < -0.4 is 4.72 Å². The quantitative estimate of drug-likeness (QED) is 0.937. The van der Waals surface area contributed by atoms with Gasteiger partial charge in [0.2, 0.25) is 0 Å². The van der Waals surface area contributed by atoms with Gasteiger partial charge >= 0.3 is 0 Å². The zero-order valence-electron chi connectivity index (χ0n) is 11.1. The molecule has 0 spiro atoms. The van der Waals surface area contributed by atoms with Gasteiger partial charge in [-0.1, -0.05) is 17.7 Å². The molecule has 1 aromatic heterocycles. The van der Waals surface area contributed by atoms with Crippen molar-refractivity contribution in [2.24, 2.45) is 0 Å². The average molecular weight is 276 g/mol. The van der Waals surface area contributed by atoms with Crippen LogP contribution in [-0.4, -0.2) is 13.4 Å². The second-order valence-electron chi connectivity index (χ2n) is 4.56. The van der Waals surface area contributed by atoms with Crippen molar-refractivity contribution in [2.75, 3.05) is 4.72 Å². The molecule has 2 rings (SSSR count).